The van der Waals surface area contributed by atoms with Crippen LogP contribution in [-0.4, -0.2) is 45.2 Å². The molecule has 0 saturated heterocycles. The predicted octanol–water partition coefficient (Wildman–Crippen LogP) is 3.00. The number of benzene rings is 2. The molecule has 6 heteroatoms. The number of amides is 1. The van der Waals surface area contributed by atoms with Crippen molar-refractivity contribution in [2.75, 3.05) is 19.6 Å². The summed E-state index contributed by atoms with van der Waals surface area (Å²) in [6, 6.07) is 18.7. The number of nitrogens with zero attached hydrogens (tertiary/aromatic N) is 4. The standard InChI is InChI=1S/C24H27N5O/c30-24(25-13-16-28-15-12-18-7-4-5-10-20(18)17-28)21-11-6-14-29-22(26-27-23(21)29)19-8-2-1-3-9-19/h1-5,7-10,21H,6,11-17H2,(H,25,30). The summed E-state index contributed by atoms with van der Waals surface area (Å²) in [5.74, 6) is 1.51. The summed E-state index contributed by atoms with van der Waals surface area (Å²) in [6.45, 7) is 4.41. The van der Waals surface area contributed by atoms with Gasteiger partial charge in [-0.05, 0) is 30.4 Å². The zero-order valence-corrected chi connectivity index (χ0v) is 17.1. The van der Waals surface area contributed by atoms with E-state index in [0.717, 1.165) is 62.7 Å². The van der Waals surface area contributed by atoms with Crippen molar-refractivity contribution in [1.29, 1.82) is 0 Å². The lowest BCUT2D eigenvalue weighted by molar-refractivity contribution is -0.123. The molecule has 3 aromatic rings. The van der Waals surface area contributed by atoms with Crippen molar-refractivity contribution in [2.24, 2.45) is 0 Å². The Hall–Kier alpha value is -2.99. The third-order valence-corrected chi connectivity index (χ3v) is 6.25. The fraction of sp³-hybridized carbons (Fsp3) is 0.375. The minimum Gasteiger partial charge on any atom is -0.354 e. The highest BCUT2D eigenvalue weighted by molar-refractivity contribution is 5.83. The van der Waals surface area contributed by atoms with Crippen LogP contribution in [0.2, 0.25) is 0 Å². The van der Waals surface area contributed by atoms with Gasteiger partial charge in [-0.1, -0.05) is 54.6 Å². The molecule has 1 atom stereocenters. The minimum absolute atomic E-state index is 0.0698. The molecule has 1 unspecified atom stereocenters. The first kappa shape index (κ1) is 19.0. The summed E-state index contributed by atoms with van der Waals surface area (Å²) in [6.07, 6.45) is 2.87. The van der Waals surface area contributed by atoms with Crippen LogP contribution in [0.1, 0.15) is 35.7 Å². The number of hydrogen-bond acceptors (Lipinski definition) is 4. The lowest BCUT2D eigenvalue weighted by Gasteiger charge is -2.29. The van der Waals surface area contributed by atoms with Gasteiger partial charge >= 0.3 is 0 Å². The van der Waals surface area contributed by atoms with Gasteiger partial charge in [0.15, 0.2) is 5.82 Å². The maximum Gasteiger partial charge on any atom is 0.230 e. The first-order valence-corrected chi connectivity index (χ1v) is 10.8. The molecule has 2 aliphatic rings. The number of hydrogen-bond donors (Lipinski definition) is 1. The Morgan fingerprint density at radius 2 is 1.80 bits per heavy atom. The molecule has 1 aromatic heterocycles. The molecule has 30 heavy (non-hydrogen) atoms. The summed E-state index contributed by atoms with van der Waals surface area (Å²) >= 11 is 0. The number of aromatic nitrogens is 3. The van der Waals surface area contributed by atoms with E-state index in [-0.39, 0.29) is 11.8 Å². The monoisotopic (exact) mass is 401 g/mol. The molecule has 2 aliphatic heterocycles. The third-order valence-electron chi connectivity index (χ3n) is 6.25. The number of rotatable bonds is 5. The summed E-state index contributed by atoms with van der Waals surface area (Å²) in [4.78, 5) is 15.4. The summed E-state index contributed by atoms with van der Waals surface area (Å²) in [5, 5.41) is 12.0. The molecule has 3 heterocycles. The van der Waals surface area contributed by atoms with E-state index in [2.05, 4.69) is 49.2 Å². The van der Waals surface area contributed by atoms with Crippen LogP contribution in [-0.2, 0) is 24.3 Å². The quantitative estimate of drug-likeness (QED) is 0.714. The number of carbonyl (C=O) groups is 1. The fourth-order valence-corrected chi connectivity index (χ4v) is 4.63. The van der Waals surface area contributed by atoms with E-state index in [1.54, 1.807) is 0 Å². The first-order valence-electron chi connectivity index (χ1n) is 10.8. The van der Waals surface area contributed by atoms with Crippen molar-refractivity contribution >= 4 is 5.91 Å². The van der Waals surface area contributed by atoms with Crippen LogP contribution >= 0.6 is 0 Å². The van der Waals surface area contributed by atoms with Crippen LogP contribution in [0.3, 0.4) is 0 Å². The maximum absolute atomic E-state index is 12.9. The van der Waals surface area contributed by atoms with Crippen molar-refractivity contribution in [3.05, 3.63) is 71.5 Å². The molecule has 154 valence electrons. The van der Waals surface area contributed by atoms with Gasteiger partial charge in [-0.25, -0.2) is 0 Å². The van der Waals surface area contributed by atoms with Crippen LogP contribution < -0.4 is 5.32 Å². The van der Waals surface area contributed by atoms with E-state index in [9.17, 15) is 4.79 Å². The minimum atomic E-state index is -0.217. The summed E-state index contributed by atoms with van der Waals surface area (Å²) < 4.78 is 2.12. The molecule has 0 bridgehead atoms. The van der Waals surface area contributed by atoms with E-state index < -0.39 is 0 Å². The molecular formula is C24H27N5O. The Bertz CT molecular complexity index is 1030. The summed E-state index contributed by atoms with van der Waals surface area (Å²) in [5.41, 5.74) is 3.90. The topological polar surface area (TPSA) is 63.1 Å². The van der Waals surface area contributed by atoms with Crippen molar-refractivity contribution < 1.29 is 4.79 Å². The average molecular weight is 402 g/mol. The van der Waals surface area contributed by atoms with E-state index in [0.29, 0.717) is 6.54 Å². The highest BCUT2D eigenvalue weighted by Crippen LogP contribution is 2.30. The summed E-state index contributed by atoms with van der Waals surface area (Å²) in [7, 11) is 0. The van der Waals surface area contributed by atoms with Gasteiger partial charge in [0.1, 0.15) is 5.82 Å². The van der Waals surface area contributed by atoms with Crippen LogP contribution in [0, 0.1) is 0 Å². The normalized spacial score (nSPS) is 18.5. The van der Waals surface area contributed by atoms with Crippen LogP contribution in [0.25, 0.3) is 11.4 Å². The third kappa shape index (κ3) is 3.75. The molecule has 0 radical (unpaired) electrons. The molecule has 5 rings (SSSR count). The number of carbonyl (C=O) groups excluding carboxylic acids is 1. The number of nitrogens with one attached hydrogen (secondary N) is 1. The van der Waals surface area contributed by atoms with Crippen LogP contribution in [0.4, 0.5) is 0 Å². The van der Waals surface area contributed by atoms with Crippen molar-refractivity contribution in [2.45, 2.75) is 38.3 Å². The first-order chi connectivity index (χ1) is 14.8. The second-order valence-corrected chi connectivity index (χ2v) is 8.18. The van der Waals surface area contributed by atoms with Crippen molar-refractivity contribution in [3.8, 4) is 11.4 Å². The van der Waals surface area contributed by atoms with Crippen LogP contribution in [0.5, 0.6) is 0 Å². The molecule has 1 amide bonds. The van der Waals surface area contributed by atoms with Crippen LogP contribution in [0.15, 0.2) is 54.6 Å². The van der Waals surface area contributed by atoms with E-state index >= 15 is 0 Å². The van der Waals surface area contributed by atoms with Gasteiger partial charge in [-0.15, -0.1) is 10.2 Å². The molecule has 1 N–H and O–H groups in total. The Morgan fingerprint density at radius 3 is 2.67 bits per heavy atom. The van der Waals surface area contributed by atoms with Gasteiger partial charge in [0.2, 0.25) is 5.91 Å². The Kier molecular flexibility index (Phi) is 5.32. The molecule has 2 aromatic carbocycles. The Labute approximate surface area is 176 Å². The van der Waals surface area contributed by atoms with E-state index in [4.69, 9.17) is 0 Å². The Balaban J connectivity index is 1.21. The molecule has 0 fully saturated rings. The van der Waals surface area contributed by atoms with Gasteiger partial charge in [0.25, 0.3) is 0 Å². The second kappa shape index (κ2) is 8.40. The molecular weight excluding hydrogens is 374 g/mol. The molecule has 0 spiro atoms. The molecule has 6 nitrogen and oxygen atoms in total. The fourth-order valence-electron chi connectivity index (χ4n) is 4.63. The highest BCUT2D eigenvalue weighted by atomic mass is 16.1. The van der Waals surface area contributed by atoms with Gasteiger partial charge in [0.05, 0.1) is 5.92 Å². The highest BCUT2D eigenvalue weighted by Gasteiger charge is 2.31. The zero-order valence-electron chi connectivity index (χ0n) is 17.1. The SMILES string of the molecule is O=C(NCCN1CCc2ccccc2C1)C1CCCn2c(-c3ccccc3)nnc21. The average Bonchev–Trinajstić information content (AvgIpc) is 3.24. The largest absolute Gasteiger partial charge is 0.354 e. The van der Waals surface area contributed by atoms with Crippen molar-refractivity contribution in [1.82, 2.24) is 25.0 Å². The van der Waals surface area contributed by atoms with Gasteiger partial charge in [0, 0.05) is 38.3 Å². The smallest absolute Gasteiger partial charge is 0.230 e. The van der Waals surface area contributed by atoms with E-state index in [1.807, 2.05) is 30.3 Å². The lowest BCUT2D eigenvalue weighted by atomic mass is 9.97. The second-order valence-electron chi connectivity index (χ2n) is 8.18. The van der Waals surface area contributed by atoms with Gasteiger partial charge in [-0.3, -0.25) is 9.69 Å². The number of fused-ring (bicyclic) bond motifs is 2. The maximum atomic E-state index is 12.9. The van der Waals surface area contributed by atoms with Gasteiger partial charge < -0.3 is 9.88 Å². The lowest BCUT2D eigenvalue weighted by Crippen LogP contribution is -2.40. The zero-order chi connectivity index (χ0) is 20.3. The van der Waals surface area contributed by atoms with E-state index in [1.165, 1.54) is 11.1 Å². The van der Waals surface area contributed by atoms with Gasteiger partial charge in [-0.2, -0.15) is 0 Å². The molecule has 0 saturated carbocycles. The Morgan fingerprint density at radius 1 is 1.00 bits per heavy atom. The predicted molar refractivity (Wildman–Crippen MR) is 116 cm³/mol. The molecule has 0 aliphatic carbocycles. The van der Waals surface area contributed by atoms with Crippen molar-refractivity contribution in [3.63, 3.8) is 0 Å².